The summed E-state index contributed by atoms with van der Waals surface area (Å²) in [4.78, 5) is 45.7. The summed E-state index contributed by atoms with van der Waals surface area (Å²) < 4.78 is 0. The maximum absolute atomic E-state index is 10.8. The molecule has 0 aliphatic carbocycles. The summed E-state index contributed by atoms with van der Waals surface area (Å²) in [6.07, 6.45) is 0. The zero-order valence-corrected chi connectivity index (χ0v) is 13.9. The Balaban J connectivity index is 2.75. The first-order chi connectivity index (χ1) is 12.2. The van der Waals surface area contributed by atoms with Crippen molar-refractivity contribution >= 4 is 23.9 Å². The zero-order chi connectivity index (χ0) is 19.7. The van der Waals surface area contributed by atoms with E-state index in [2.05, 4.69) is 0 Å². The second-order valence-corrected chi connectivity index (χ2v) is 5.68. The number of rotatable bonds is 12. The summed E-state index contributed by atoms with van der Waals surface area (Å²) in [5.41, 5.74) is 1.36. The molecule has 10 nitrogen and oxygen atoms in total. The highest BCUT2D eigenvalue weighted by molar-refractivity contribution is 5.73. The number of benzene rings is 1. The van der Waals surface area contributed by atoms with Gasteiger partial charge in [0.1, 0.15) is 0 Å². The summed E-state index contributed by atoms with van der Waals surface area (Å²) >= 11 is 0. The van der Waals surface area contributed by atoms with Gasteiger partial charge in [-0.05, 0) is 11.1 Å². The van der Waals surface area contributed by atoms with Crippen LogP contribution in [-0.4, -0.2) is 80.3 Å². The fourth-order valence-electron chi connectivity index (χ4n) is 2.37. The van der Waals surface area contributed by atoms with Crippen LogP contribution in [-0.2, 0) is 32.3 Å². The summed E-state index contributed by atoms with van der Waals surface area (Å²) in [5, 5.41) is 35.3. The minimum Gasteiger partial charge on any atom is -0.480 e. The van der Waals surface area contributed by atoms with E-state index in [-0.39, 0.29) is 13.1 Å². The number of hydrogen-bond donors (Lipinski definition) is 4. The van der Waals surface area contributed by atoms with E-state index >= 15 is 0 Å². The molecule has 10 heteroatoms. The predicted octanol–water partition coefficient (Wildman–Crippen LogP) is -0.371. The molecule has 0 amide bonds. The first kappa shape index (κ1) is 21.1. The Morgan fingerprint density at radius 2 is 0.808 bits per heavy atom. The van der Waals surface area contributed by atoms with Crippen molar-refractivity contribution in [2.45, 2.75) is 13.1 Å². The van der Waals surface area contributed by atoms with Crippen LogP contribution < -0.4 is 0 Å². The highest BCUT2D eigenvalue weighted by Gasteiger charge is 2.15. The van der Waals surface area contributed by atoms with Crippen LogP contribution in [0, 0.1) is 0 Å². The molecule has 4 N–H and O–H groups in total. The minimum absolute atomic E-state index is 0.118. The molecule has 0 aliphatic rings. The predicted molar refractivity (Wildman–Crippen MR) is 87.5 cm³/mol. The van der Waals surface area contributed by atoms with E-state index in [9.17, 15) is 19.2 Å². The van der Waals surface area contributed by atoms with E-state index in [1.54, 1.807) is 24.3 Å². The standard InChI is InChI=1S/C16H20N2O8/c19-13(20)7-17(8-14(21)22)5-11-1-2-12(4-3-11)6-18(9-15(23)24)10-16(25)26/h1-4H,5-10H2,(H,19,20)(H,21,22)(H,23,24)(H,25,26). The van der Waals surface area contributed by atoms with Gasteiger partial charge in [0.25, 0.3) is 0 Å². The summed E-state index contributed by atoms with van der Waals surface area (Å²) in [7, 11) is 0. The van der Waals surface area contributed by atoms with E-state index < -0.39 is 50.1 Å². The molecular weight excluding hydrogens is 348 g/mol. The molecule has 1 rings (SSSR count). The van der Waals surface area contributed by atoms with E-state index in [1.165, 1.54) is 9.80 Å². The van der Waals surface area contributed by atoms with Gasteiger partial charge in [0.15, 0.2) is 0 Å². The average molecular weight is 368 g/mol. The highest BCUT2D eigenvalue weighted by atomic mass is 16.4. The third kappa shape index (κ3) is 8.76. The fourth-order valence-corrected chi connectivity index (χ4v) is 2.37. The first-order valence-corrected chi connectivity index (χ1v) is 7.55. The average Bonchev–Trinajstić information content (AvgIpc) is 2.46. The van der Waals surface area contributed by atoms with Gasteiger partial charge in [0.05, 0.1) is 26.2 Å². The van der Waals surface area contributed by atoms with Crippen LogP contribution in [0.1, 0.15) is 11.1 Å². The molecule has 0 atom stereocenters. The van der Waals surface area contributed by atoms with Gasteiger partial charge in [-0.15, -0.1) is 0 Å². The van der Waals surface area contributed by atoms with E-state index in [4.69, 9.17) is 20.4 Å². The number of aliphatic carboxylic acids is 4. The van der Waals surface area contributed by atoms with Crippen LogP contribution in [0.3, 0.4) is 0 Å². The van der Waals surface area contributed by atoms with Gasteiger partial charge in [-0.1, -0.05) is 24.3 Å². The lowest BCUT2D eigenvalue weighted by atomic mass is 10.1. The molecule has 0 fully saturated rings. The Morgan fingerprint density at radius 1 is 0.577 bits per heavy atom. The van der Waals surface area contributed by atoms with Crippen molar-refractivity contribution in [3.05, 3.63) is 35.4 Å². The van der Waals surface area contributed by atoms with Gasteiger partial charge < -0.3 is 20.4 Å². The van der Waals surface area contributed by atoms with Crippen molar-refractivity contribution in [1.29, 1.82) is 0 Å². The monoisotopic (exact) mass is 368 g/mol. The molecule has 0 unspecified atom stereocenters. The molecular formula is C16H20N2O8. The summed E-state index contributed by atoms with van der Waals surface area (Å²) in [5.74, 6) is -4.55. The van der Waals surface area contributed by atoms with Gasteiger partial charge >= 0.3 is 23.9 Å². The Morgan fingerprint density at radius 3 is 1.00 bits per heavy atom. The second kappa shape index (κ2) is 10.1. The SMILES string of the molecule is O=C(O)CN(CC(=O)O)Cc1ccc(CN(CC(=O)O)CC(=O)O)cc1. The number of hydrogen-bond acceptors (Lipinski definition) is 6. The molecule has 0 heterocycles. The van der Waals surface area contributed by atoms with Crippen LogP contribution in [0.4, 0.5) is 0 Å². The number of nitrogens with zero attached hydrogens (tertiary/aromatic N) is 2. The number of carboxylic acids is 4. The molecule has 1 aromatic rings. The highest BCUT2D eigenvalue weighted by Crippen LogP contribution is 2.10. The van der Waals surface area contributed by atoms with E-state index in [0.29, 0.717) is 11.1 Å². The lowest BCUT2D eigenvalue weighted by Gasteiger charge is -2.19. The Labute approximate surface area is 148 Å². The minimum atomic E-state index is -1.14. The lowest BCUT2D eigenvalue weighted by molar-refractivity contribution is -0.144. The third-order valence-corrected chi connectivity index (χ3v) is 3.27. The van der Waals surface area contributed by atoms with Crippen molar-refractivity contribution in [3.63, 3.8) is 0 Å². The van der Waals surface area contributed by atoms with Gasteiger partial charge in [-0.2, -0.15) is 0 Å². The molecule has 0 saturated carbocycles. The topological polar surface area (TPSA) is 156 Å². The fraction of sp³-hybridized carbons (Fsp3) is 0.375. The molecule has 0 radical (unpaired) electrons. The maximum Gasteiger partial charge on any atom is 0.317 e. The van der Waals surface area contributed by atoms with Gasteiger partial charge in [-0.25, -0.2) is 0 Å². The molecule has 0 bridgehead atoms. The number of carboxylic acid groups (broad SMARTS) is 4. The second-order valence-electron chi connectivity index (χ2n) is 5.68. The Bertz CT molecular complexity index is 570. The van der Waals surface area contributed by atoms with Crippen molar-refractivity contribution < 1.29 is 39.6 Å². The largest absolute Gasteiger partial charge is 0.480 e. The molecule has 142 valence electrons. The van der Waals surface area contributed by atoms with Gasteiger partial charge in [0, 0.05) is 13.1 Å². The summed E-state index contributed by atoms with van der Waals surface area (Å²) in [6.45, 7) is -1.43. The molecule has 1 aromatic carbocycles. The van der Waals surface area contributed by atoms with Crippen LogP contribution in [0.5, 0.6) is 0 Å². The van der Waals surface area contributed by atoms with Crippen LogP contribution >= 0.6 is 0 Å². The molecule has 0 saturated heterocycles. The quantitative estimate of drug-likeness (QED) is 0.384. The van der Waals surface area contributed by atoms with Gasteiger partial charge in [-0.3, -0.25) is 29.0 Å². The third-order valence-electron chi connectivity index (χ3n) is 3.27. The van der Waals surface area contributed by atoms with Crippen molar-refractivity contribution in [2.75, 3.05) is 26.2 Å². The van der Waals surface area contributed by atoms with Crippen molar-refractivity contribution in [2.24, 2.45) is 0 Å². The maximum atomic E-state index is 10.8. The lowest BCUT2D eigenvalue weighted by Crippen LogP contribution is -2.34. The smallest absolute Gasteiger partial charge is 0.317 e. The van der Waals surface area contributed by atoms with Crippen LogP contribution in [0.2, 0.25) is 0 Å². The molecule has 26 heavy (non-hydrogen) atoms. The zero-order valence-electron chi connectivity index (χ0n) is 13.9. The van der Waals surface area contributed by atoms with E-state index in [1.807, 2.05) is 0 Å². The Kier molecular flexibility index (Phi) is 8.19. The van der Waals surface area contributed by atoms with Gasteiger partial charge in [0.2, 0.25) is 0 Å². The molecule has 0 aliphatic heterocycles. The molecule has 0 spiro atoms. The molecule has 0 aromatic heterocycles. The van der Waals surface area contributed by atoms with Crippen molar-refractivity contribution in [3.8, 4) is 0 Å². The Hall–Kier alpha value is -2.98. The summed E-state index contributed by atoms with van der Waals surface area (Å²) in [6, 6.07) is 6.63. The number of carbonyl (C=O) groups is 4. The van der Waals surface area contributed by atoms with Crippen molar-refractivity contribution in [1.82, 2.24) is 9.80 Å². The van der Waals surface area contributed by atoms with Crippen LogP contribution in [0.25, 0.3) is 0 Å². The van der Waals surface area contributed by atoms with E-state index in [0.717, 1.165) is 0 Å². The van der Waals surface area contributed by atoms with Crippen LogP contribution in [0.15, 0.2) is 24.3 Å². The normalized spacial score (nSPS) is 10.8. The first-order valence-electron chi connectivity index (χ1n) is 7.55.